The van der Waals surface area contributed by atoms with Crippen LogP contribution in [0.1, 0.15) is 28.0 Å². The molecule has 0 fully saturated rings. The van der Waals surface area contributed by atoms with Crippen LogP contribution in [0.3, 0.4) is 0 Å². The number of phenols is 1. The molecule has 0 aliphatic heterocycles. The van der Waals surface area contributed by atoms with Gasteiger partial charge in [0.15, 0.2) is 5.78 Å². The van der Waals surface area contributed by atoms with Gasteiger partial charge < -0.3 is 5.11 Å². The molecule has 18 heavy (non-hydrogen) atoms. The molecule has 4 nitrogen and oxygen atoms in total. The molecule has 5 heteroatoms. The summed E-state index contributed by atoms with van der Waals surface area (Å²) in [6, 6.07) is 4.89. The van der Waals surface area contributed by atoms with Crippen LogP contribution in [0.5, 0.6) is 5.75 Å². The van der Waals surface area contributed by atoms with Crippen LogP contribution in [0, 0.1) is 0 Å². The molecule has 0 spiro atoms. The van der Waals surface area contributed by atoms with Crippen molar-refractivity contribution in [3.8, 4) is 5.75 Å². The number of benzene rings is 1. The molecule has 3 rings (SSSR count). The van der Waals surface area contributed by atoms with Gasteiger partial charge in [0.1, 0.15) is 5.75 Å². The molecule has 90 valence electrons. The average Bonchev–Trinajstić information content (AvgIpc) is 2.85. The fourth-order valence-electron chi connectivity index (χ4n) is 2.12. The van der Waals surface area contributed by atoms with E-state index in [1.165, 1.54) is 11.5 Å². The summed E-state index contributed by atoms with van der Waals surface area (Å²) in [5.74, 6) is 0.224. The van der Waals surface area contributed by atoms with E-state index in [4.69, 9.17) is 0 Å². The maximum atomic E-state index is 12.3. The van der Waals surface area contributed by atoms with Crippen molar-refractivity contribution in [1.82, 2.24) is 9.59 Å². The molecule has 0 bridgehead atoms. The number of phenolic OH excluding ortho intramolecular Hbond substituents is 1. The predicted octanol–water partition coefficient (Wildman–Crippen LogP) is 2.46. The quantitative estimate of drug-likeness (QED) is 0.798. The molecule has 0 saturated carbocycles. The van der Waals surface area contributed by atoms with Gasteiger partial charge in [0, 0.05) is 16.5 Å². The number of carbonyl (C=O) groups excluding carboxylic acids is 1. The van der Waals surface area contributed by atoms with E-state index in [9.17, 15) is 9.90 Å². The van der Waals surface area contributed by atoms with Crippen molar-refractivity contribution in [3.63, 3.8) is 0 Å². The first-order valence-corrected chi connectivity index (χ1v) is 6.42. The van der Waals surface area contributed by atoms with Gasteiger partial charge in [-0.25, -0.2) is 0 Å². The van der Waals surface area contributed by atoms with Crippen LogP contribution in [0.4, 0.5) is 0 Å². The highest BCUT2D eigenvalue weighted by atomic mass is 32.1. The summed E-state index contributed by atoms with van der Waals surface area (Å²) >= 11 is 1.27. The highest BCUT2D eigenvalue weighted by Crippen LogP contribution is 2.28. The number of carbonyl (C=O) groups is 1. The molecule has 1 aromatic heterocycles. The summed E-state index contributed by atoms with van der Waals surface area (Å²) in [7, 11) is 0. The minimum absolute atomic E-state index is 0.0178. The molecular formula is C13H10N2O2S. The number of allylic oxidation sites excluding steroid dienone is 1. The molecule has 1 aliphatic rings. The maximum absolute atomic E-state index is 12.3. The summed E-state index contributed by atoms with van der Waals surface area (Å²) < 4.78 is 3.77. The molecule has 0 saturated heterocycles. The van der Waals surface area contributed by atoms with Gasteiger partial charge in [-0.3, -0.25) is 4.79 Å². The van der Waals surface area contributed by atoms with Crippen molar-refractivity contribution in [2.75, 3.05) is 0 Å². The summed E-state index contributed by atoms with van der Waals surface area (Å²) in [5, 5.41) is 15.1. The molecule has 0 unspecified atom stereocenters. The number of rotatable bonds is 1. The second-order valence-corrected chi connectivity index (χ2v) is 4.78. The zero-order valence-electron chi connectivity index (χ0n) is 9.46. The predicted molar refractivity (Wildman–Crippen MR) is 68.6 cm³/mol. The summed E-state index contributed by atoms with van der Waals surface area (Å²) in [5.41, 5.74) is 3.06. The van der Waals surface area contributed by atoms with Gasteiger partial charge in [-0.05, 0) is 54.2 Å². The topological polar surface area (TPSA) is 63.1 Å². The Morgan fingerprint density at radius 3 is 3.00 bits per heavy atom. The Kier molecular flexibility index (Phi) is 2.68. The van der Waals surface area contributed by atoms with E-state index in [0.717, 1.165) is 23.3 Å². The number of hydrogen-bond donors (Lipinski definition) is 1. The van der Waals surface area contributed by atoms with Crippen molar-refractivity contribution in [2.45, 2.75) is 12.8 Å². The summed E-state index contributed by atoms with van der Waals surface area (Å²) in [4.78, 5) is 12.3. The molecule has 0 amide bonds. The molecule has 0 radical (unpaired) electrons. The number of aromatic nitrogens is 2. The molecule has 1 aromatic carbocycles. The van der Waals surface area contributed by atoms with Crippen LogP contribution < -0.4 is 0 Å². The second kappa shape index (κ2) is 4.34. The third-order valence-electron chi connectivity index (χ3n) is 2.99. The van der Waals surface area contributed by atoms with Crippen molar-refractivity contribution in [1.29, 1.82) is 0 Å². The lowest BCUT2D eigenvalue weighted by Gasteiger charge is -2.17. The zero-order valence-corrected chi connectivity index (χ0v) is 10.3. The van der Waals surface area contributed by atoms with E-state index < -0.39 is 0 Å². The molecule has 0 atom stereocenters. The number of aryl methyl sites for hydroxylation is 1. The Morgan fingerprint density at radius 1 is 1.33 bits per heavy atom. The monoisotopic (exact) mass is 258 g/mol. The number of hydrogen-bond acceptors (Lipinski definition) is 5. The fourth-order valence-corrected chi connectivity index (χ4v) is 2.53. The smallest absolute Gasteiger partial charge is 0.189 e. The zero-order chi connectivity index (χ0) is 12.5. The number of Topliss-reactive ketones (excluding diaryl/α,β-unsaturated/α-hetero) is 1. The molecular weight excluding hydrogens is 248 g/mol. The van der Waals surface area contributed by atoms with Crippen LogP contribution in [-0.4, -0.2) is 20.5 Å². The summed E-state index contributed by atoms with van der Waals surface area (Å²) in [6.45, 7) is 0. The first-order chi connectivity index (χ1) is 8.74. The largest absolute Gasteiger partial charge is 0.508 e. The number of aromatic hydroxyl groups is 1. The molecule has 1 aliphatic carbocycles. The Hall–Kier alpha value is -2.01. The first-order valence-electron chi connectivity index (χ1n) is 5.58. The lowest BCUT2D eigenvalue weighted by atomic mass is 9.86. The van der Waals surface area contributed by atoms with Gasteiger partial charge in [-0.1, -0.05) is 4.49 Å². The Balaban J connectivity index is 1.99. The van der Waals surface area contributed by atoms with Crippen molar-refractivity contribution in [2.24, 2.45) is 0 Å². The first kappa shape index (κ1) is 11.1. The third kappa shape index (κ3) is 1.93. The minimum atomic E-state index is 0.0178. The fraction of sp³-hybridized carbons (Fsp3) is 0.154. The number of fused-ring (bicyclic) bond motifs is 1. The SMILES string of the molecule is O=C1C(=Cc2csnn2)CCc2cc(O)ccc21. The standard InChI is InChI=1S/C13H10N2O2S/c16-11-3-4-12-8(6-11)1-2-9(13(12)17)5-10-7-18-15-14-10/h3-7,16H,1-2H2. The van der Waals surface area contributed by atoms with Gasteiger partial charge in [0.2, 0.25) is 0 Å². The van der Waals surface area contributed by atoms with Gasteiger partial charge >= 0.3 is 0 Å². The Bertz CT molecular complexity index is 632. The van der Waals surface area contributed by atoms with Gasteiger partial charge in [-0.15, -0.1) is 5.10 Å². The average molecular weight is 258 g/mol. The van der Waals surface area contributed by atoms with Crippen molar-refractivity contribution >= 4 is 23.4 Å². The molecule has 2 aromatic rings. The molecule has 1 heterocycles. The van der Waals surface area contributed by atoms with Gasteiger partial charge in [0.25, 0.3) is 0 Å². The summed E-state index contributed by atoms with van der Waals surface area (Å²) in [6.07, 6.45) is 3.23. The number of ketones is 1. The highest BCUT2D eigenvalue weighted by Gasteiger charge is 2.22. The van der Waals surface area contributed by atoms with Crippen LogP contribution >= 0.6 is 11.5 Å². The second-order valence-electron chi connectivity index (χ2n) is 4.17. The van der Waals surface area contributed by atoms with Gasteiger partial charge in [0.05, 0.1) is 5.69 Å². The highest BCUT2D eigenvalue weighted by molar-refractivity contribution is 7.03. The Labute approximate surface area is 108 Å². The van der Waals surface area contributed by atoms with E-state index in [0.29, 0.717) is 12.0 Å². The number of nitrogens with zero attached hydrogens (tertiary/aromatic N) is 2. The van der Waals surface area contributed by atoms with Crippen LogP contribution in [0.15, 0.2) is 29.2 Å². The minimum Gasteiger partial charge on any atom is -0.508 e. The van der Waals surface area contributed by atoms with Crippen LogP contribution in [-0.2, 0) is 6.42 Å². The molecule has 1 N–H and O–H groups in total. The maximum Gasteiger partial charge on any atom is 0.189 e. The van der Waals surface area contributed by atoms with Crippen LogP contribution in [0.25, 0.3) is 6.08 Å². The van der Waals surface area contributed by atoms with E-state index in [-0.39, 0.29) is 11.5 Å². The van der Waals surface area contributed by atoms with E-state index >= 15 is 0 Å². The van der Waals surface area contributed by atoms with Crippen LogP contribution in [0.2, 0.25) is 0 Å². The lowest BCUT2D eigenvalue weighted by molar-refractivity contribution is 0.102. The van der Waals surface area contributed by atoms with E-state index in [1.807, 2.05) is 5.38 Å². The lowest BCUT2D eigenvalue weighted by Crippen LogP contribution is -2.13. The van der Waals surface area contributed by atoms with Crippen molar-refractivity contribution in [3.05, 3.63) is 46.0 Å². The van der Waals surface area contributed by atoms with E-state index in [1.54, 1.807) is 24.3 Å². The normalized spacial score (nSPS) is 16.9. The van der Waals surface area contributed by atoms with Gasteiger partial charge in [-0.2, -0.15) is 0 Å². The van der Waals surface area contributed by atoms with E-state index in [2.05, 4.69) is 9.59 Å². The third-order valence-corrected chi connectivity index (χ3v) is 3.51. The van der Waals surface area contributed by atoms with Crippen molar-refractivity contribution < 1.29 is 9.90 Å². The Morgan fingerprint density at radius 2 is 2.22 bits per heavy atom.